The van der Waals surface area contributed by atoms with E-state index in [2.05, 4.69) is 273 Å². The van der Waals surface area contributed by atoms with Crippen LogP contribution < -0.4 is 10.1 Å². The molecule has 0 saturated carbocycles. The first-order valence-electron chi connectivity index (χ1n) is 23.6. The summed E-state index contributed by atoms with van der Waals surface area (Å²) in [7, 11) is 0. The molecule has 0 unspecified atom stereocenters. The van der Waals surface area contributed by atoms with Crippen LogP contribution in [-0.2, 0) is 26.5 Å². The second-order valence-electron chi connectivity index (χ2n) is 18.7. The predicted octanol–water partition coefficient (Wildman–Crippen LogP) is 15.8. The molecule has 3 heterocycles. The Kier molecular flexibility index (Phi) is 11.6. The van der Waals surface area contributed by atoms with E-state index in [1.165, 1.54) is 0 Å². The van der Waals surface area contributed by atoms with Gasteiger partial charge in [-0.3, -0.25) is 0 Å². The molecule has 0 radical (unpaired) electrons. The van der Waals surface area contributed by atoms with Gasteiger partial charge in [-0.15, -0.1) is 38.8 Å². The van der Waals surface area contributed by atoms with E-state index in [-0.39, 0.29) is 26.6 Å². The molecule has 0 spiro atoms. The van der Waals surface area contributed by atoms with E-state index in [1.807, 2.05) is 11.3 Å². The quantitative estimate of drug-likeness (QED) is 0.0821. The van der Waals surface area contributed by atoms with Crippen LogP contribution in [0.15, 0.2) is 237 Å². The van der Waals surface area contributed by atoms with Crippen molar-refractivity contribution in [2.75, 3.05) is 10.1 Å². The molecule has 342 valence electrons. The maximum Gasteiger partial charge on any atom is 0.145 e. The van der Waals surface area contributed by atoms with Crippen molar-refractivity contribution in [3.8, 4) is 39.2 Å². The van der Waals surface area contributed by atoms with Crippen molar-refractivity contribution in [3.05, 3.63) is 271 Å². The summed E-state index contributed by atoms with van der Waals surface area (Å²) in [5.74, 6) is 0.810. The Morgan fingerprint density at radius 3 is 1.67 bits per heavy atom. The zero-order chi connectivity index (χ0) is 46.5. The molecule has 0 aliphatic carbocycles. The van der Waals surface area contributed by atoms with Crippen LogP contribution in [0.1, 0.15) is 43.0 Å². The summed E-state index contributed by atoms with van der Waals surface area (Å²) in [5, 5.41) is 6.37. The van der Waals surface area contributed by atoms with Gasteiger partial charge < -0.3 is 4.57 Å². The van der Waals surface area contributed by atoms with E-state index in [0.717, 1.165) is 100 Å². The van der Waals surface area contributed by atoms with Crippen molar-refractivity contribution in [2.24, 2.45) is 0 Å². The Morgan fingerprint density at radius 1 is 0.471 bits per heavy atom. The summed E-state index contributed by atoms with van der Waals surface area (Å²) in [5.41, 5.74) is 14.9. The van der Waals surface area contributed by atoms with E-state index in [1.54, 1.807) is 0 Å². The zero-order valence-corrected chi connectivity index (χ0v) is 41.3. The average Bonchev–Trinajstić information content (AvgIpc) is 3.97. The van der Waals surface area contributed by atoms with Gasteiger partial charge in [0.05, 0.1) is 0 Å². The van der Waals surface area contributed by atoms with Crippen molar-refractivity contribution in [1.29, 1.82) is 0 Å². The maximum atomic E-state index is 5.24. The van der Waals surface area contributed by atoms with Gasteiger partial charge in [-0.05, 0) is 101 Å². The van der Waals surface area contributed by atoms with Crippen LogP contribution in [0.3, 0.4) is 0 Å². The van der Waals surface area contributed by atoms with Crippen LogP contribution in [0.2, 0.25) is 0 Å². The SMILES string of the molecule is CC(C)(C)N1[OH+]N(c2[c-]c(C(c3[c-]c4c(cc3)c3ccccc3n4-c3cc(-c4c(-c5ccccc5)cccc4-c4ccccc4)ccn3)(c3ccccc3)c3ccccc3)ccc2)c2ccccc21.[Pt]. The molecular formula is C64H49N4OPt-. The smallest absolute Gasteiger partial charge is 0.145 e. The predicted molar refractivity (Wildman–Crippen MR) is 283 cm³/mol. The number of pyridine rings is 1. The van der Waals surface area contributed by atoms with Crippen molar-refractivity contribution in [1.82, 2.24) is 9.55 Å². The molecule has 1 aliphatic heterocycles. The van der Waals surface area contributed by atoms with Gasteiger partial charge in [-0.25, -0.2) is 4.98 Å². The third kappa shape index (κ3) is 7.54. The molecule has 0 fully saturated rings. The zero-order valence-electron chi connectivity index (χ0n) is 39.1. The van der Waals surface area contributed by atoms with E-state index >= 15 is 0 Å². The minimum absolute atomic E-state index is 0. The van der Waals surface area contributed by atoms with E-state index in [9.17, 15) is 0 Å². The molecule has 6 heteroatoms. The number of fused-ring (bicyclic) bond motifs is 4. The second kappa shape index (κ2) is 18.3. The minimum atomic E-state index is -0.856. The molecule has 0 atom stereocenters. The maximum absolute atomic E-state index is 5.24. The van der Waals surface area contributed by atoms with Gasteiger partial charge >= 0.3 is 0 Å². The van der Waals surface area contributed by atoms with Crippen LogP contribution in [0.4, 0.5) is 17.1 Å². The van der Waals surface area contributed by atoms with Crippen LogP contribution in [0, 0.1) is 12.1 Å². The monoisotopic (exact) mass is 1080 g/mol. The molecule has 1 aliphatic rings. The first-order chi connectivity index (χ1) is 33.9. The molecule has 1 N–H and O–H groups in total. The van der Waals surface area contributed by atoms with Crippen LogP contribution in [0.5, 0.6) is 0 Å². The summed E-state index contributed by atoms with van der Waals surface area (Å²) >= 11 is 0. The van der Waals surface area contributed by atoms with E-state index < -0.39 is 5.41 Å². The molecule has 12 rings (SSSR count). The molecule has 11 aromatic rings. The largest absolute Gasteiger partial charge is 0.319 e. The van der Waals surface area contributed by atoms with Gasteiger partial charge in [0.15, 0.2) is 0 Å². The van der Waals surface area contributed by atoms with Crippen molar-refractivity contribution in [3.63, 3.8) is 0 Å². The van der Waals surface area contributed by atoms with Crippen molar-refractivity contribution in [2.45, 2.75) is 31.7 Å². The molecule has 0 bridgehead atoms. The Labute approximate surface area is 424 Å². The number of anilines is 3. The van der Waals surface area contributed by atoms with Gasteiger partial charge in [0.25, 0.3) is 0 Å². The number of hydroxylamine groups is 1. The average molecular weight is 1090 g/mol. The molecule has 2 aromatic heterocycles. The van der Waals surface area contributed by atoms with E-state index in [4.69, 9.17) is 9.92 Å². The fourth-order valence-electron chi connectivity index (χ4n) is 10.4. The summed E-state index contributed by atoms with van der Waals surface area (Å²) in [4.78, 5) is 10.4. The molecular weight excluding hydrogens is 1040 g/mol. The van der Waals surface area contributed by atoms with Gasteiger partial charge in [-0.2, -0.15) is 35.3 Å². The van der Waals surface area contributed by atoms with Crippen molar-refractivity contribution < 1.29 is 26.0 Å². The van der Waals surface area contributed by atoms with Crippen LogP contribution >= 0.6 is 0 Å². The van der Waals surface area contributed by atoms with Gasteiger partial charge in [-0.1, -0.05) is 175 Å². The molecule has 5 nitrogen and oxygen atoms in total. The number of rotatable bonds is 9. The van der Waals surface area contributed by atoms with Gasteiger partial charge in [0, 0.05) is 43.9 Å². The molecule has 0 amide bonds. The third-order valence-electron chi connectivity index (χ3n) is 13.5. The number of benzene rings is 9. The van der Waals surface area contributed by atoms with E-state index in [0.29, 0.717) is 0 Å². The van der Waals surface area contributed by atoms with Crippen LogP contribution in [0.25, 0.3) is 61.0 Å². The molecule has 70 heavy (non-hydrogen) atoms. The molecule has 9 aromatic carbocycles. The van der Waals surface area contributed by atoms with Gasteiger partial charge in [0.2, 0.25) is 0 Å². The minimum Gasteiger partial charge on any atom is -0.319 e. The number of hydrogen-bond donors (Lipinski definition) is 0. The second-order valence-corrected chi connectivity index (χ2v) is 18.7. The number of aromatic nitrogens is 2. The normalized spacial score (nSPS) is 12.6. The first-order valence-corrected chi connectivity index (χ1v) is 23.6. The number of para-hydroxylation sites is 3. The Balaban J connectivity index is 0.00000533. The summed E-state index contributed by atoms with van der Waals surface area (Å²) < 4.78 is 2.30. The number of hydrogen-bond acceptors (Lipinski definition) is 3. The summed E-state index contributed by atoms with van der Waals surface area (Å²) in [6, 6.07) is 90.2. The summed E-state index contributed by atoms with van der Waals surface area (Å²) in [6.07, 6.45) is 1.95. The number of nitrogens with zero attached hydrogens (tertiary/aromatic N) is 4. The summed E-state index contributed by atoms with van der Waals surface area (Å²) in [6.45, 7) is 6.57. The van der Waals surface area contributed by atoms with Gasteiger partial charge in [0.1, 0.15) is 22.7 Å². The fourth-order valence-corrected chi connectivity index (χ4v) is 10.4. The van der Waals surface area contributed by atoms with Crippen LogP contribution in [-0.4, -0.2) is 20.0 Å². The fraction of sp³-hybridized carbons (Fsp3) is 0.0781. The first kappa shape index (κ1) is 44.7. The van der Waals surface area contributed by atoms with Crippen molar-refractivity contribution >= 4 is 38.9 Å². The Bertz CT molecular complexity index is 3550. The molecule has 0 saturated heterocycles. The third-order valence-corrected chi connectivity index (χ3v) is 13.5. The standard InChI is InChI=1S/C64H48N4O.Pt/c1-63(2,3)68-59-37-19-18-36-58(59)67(69-68)52-31-20-30-50(43-52)64(48-26-12-6-13-27-48,49-28-14-7-15-29-49)51-38-39-56-55-32-16-17-35-57(55)66(60(56)44-51)61-42-47(40-41-65-61)62-53(45-22-8-4-9-23-45)33-21-34-54(62)46-24-10-5-11-25-46;/h4-42H,1-3H3;/q-2;/p+1. The Morgan fingerprint density at radius 2 is 1.03 bits per heavy atom. The topological polar surface area (TPSA) is 37.1 Å². The Hall–Kier alpha value is -7.82.